The Kier molecular flexibility index (Phi) is 11.8. The predicted molar refractivity (Wildman–Crippen MR) is 56.1 cm³/mol. The summed E-state index contributed by atoms with van der Waals surface area (Å²) in [5.41, 5.74) is 0. The summed E-state index contributed by atoms with van der Waals surface area (Å²) < 4.78 is 10.4. The molecule has 0 aromatic rings. The molecule has 0 aromatic carbocycles. The van der Waals surface area contributed by atoms with Gasteiger partial charge in [-0.25, -0.2) is 0 Å². The van der Waals surface area contributed by atoms with Gasteiger partial charge in [0.1, 0.15) is 0 Å². The Morgan fingerprint density at radius 3 is 2.15 bits per heavy atom. The molecule has 13 heavy (non-hydrogen) atoms. The molecule has 0 aliphatic rings. The highest BCUT2D eigenvalue weighted by Crippen LogP contribution is 2.02. The number of rotatable bonds is 10. The molecule has 0 spiro atoms. The number of hydrogen-bond donors (Lipinski definition) is 0. The maximum absolute atomic E-state index is 5.44. The Hall–Kier alpha value is -0.0800. The minimum atomic E-state index is 0.815. The highest BCUT2D eigenvalue weighted by molar-refractivity contribution is 4.42. The van der Waals surface area contributed by atoms with E-state index >= 15 is 0 Å². The molecule has 0 aliphatic carbocycles. The smallest absolute Gasteiger partial charge is 0.0487 e. The average molecular weight is 188 g/mol. The zero-order chi connectivity index (χ0) is 9.78. The summed E-state index contributed by atoms with van der Waals surface area (Å²) >= 11 is 0. The summed E-state index contributed by atoms with van der Waals surface area (Å²) in [6.07, 6.45) is 7.59. The first-order valence-electron chi connectivity index (χ1n) is 5.48. The molecule has 0 saturated carbocycles. The monoisotopic (exact) mass is 188 g/mol. The van der Waals surface area contributed by atoms with Crippen molar-refractivity contribution in [2.75, 3.05) is 26.9 Å². The van der Waals surface area contributed by atoms with Gasteiger partial charge >= 0.3 is 0 Å². The average Bonchev–Trinajstić information content (AvgIpc) is 2.16. The lowest BCUT2D eigenvalue weighted by Crippen LogP contribution is -2.00. The van der Waals surface area contributed by atoms with Crippen LogP contribution in [-0.4, -0.2) is 26.9 Å². The van der Waals surface area contributed by atoms with Crippen LogP contribution in [0, 0.1) is 0 Å². The lowest BCUT2D eigenvalue weighted by molar-refractivity contribution is 0.100. The molecular weight excluding hydrogens is 164 g/mol. The van der Waals surface area contributed by atoms with Gasteiger partial charge in [-0.3, -0.25) is 0 Å². The Morgan fingerprint density at radius 2 is 1.46 bits per heavy atom. The Morgan fingerprint density at radius 1 is 0.769 bits per heavy atom. The van der Waals surface area contributed by atoms with Crippen molar-refractivity contribution in [1.29, 1.82) is 0 Å². The van der Waals surface area contributed by atoms with Crippen molar-refractivity contribution in [3.63, 3.8) is 0 Å². The molecule has 2 heteroatoms. The minimum Gasteiger partial charge on any atom is -0.385 e. The van der Waals surface area contributed by atoms with Crippen molar-refractivity contribution in [2.45, 2.75) is 45.4 Å². The maximum atomic E-state index is 5.44. The molecule has 0 rings (SSSR count). The van der Waals surface area contributed by atoms with E-state index in [1.165, 1.54) is 32.1 Å². The van der Waals surface area contributed by atoms with Crippen LogP contribution in [-0.2, 0) is 9.47 Å². The maximum Gasteiger partial charge on any atom is 0.0487 e. The number of unbranched alkanes of at least 4 members (excludes halogenated alkanes) is 4. The van der Waals surface area contributed by atoms with Gasteiger partial charge in [-0.1, -0.05) is 32.6 Å². The summed E-state index contributed by atoms with van der Waals surface area (Å²) in [4.78, 5) is 0. The Balaban J connectivity index is 2.76. The molecule has 0 amide bonds. The number of methoxy groups -OCH3 is 1. The van der Waals surface area contributed by atoms with E-state index in [1.54, 1.807) is 7.11 Å². The van der Waals surface area contributed by atoms with E-state index in [0.717, 1.165) is 26.2 Å². The second kappa shape index (κ2) is 11.9. The zero-order valence-corrected chi connectivity index (χ0v) is 9.18. The molecule has 0 aromatic heterocycles. The summed E-state index contributed by atoms with van der Waals surface area (Å²) in [6, 6.07) is 0. The number of ether oxygens (including phenoxy) is 2. The van der Waals surface area contributed by atoms with Gasteiger partial charge in [0.15, 0.2) is 0 Å². The van der Waals surface area contributed by atoms with Gasteiger partial charge in [-0.05, 0) is 12.8 Å². The largest absolute Gasteiger partial charge is 0.385 e. The topological polar surface area (TPSA) is 18.5 Å². The molecule has 0 heterocycles. The van der Waals surface area contributed by atoms with Crippen LogP contribution in [0.3, 0.4) is 0 Å². The normalized spacial score (nSPS) is 10.6. The van der Waals surface area contributed by atoms with Crippen molar-refractivity contribution in [3.05, 3.63) is 0 Å². The quantitative estimate of drug-likeness (QED) is 0.491. The lowest BCUT2D eigenvalue weighted by atomic mass is 10.2. The van der Waals surface area contributed by atoms with Gasteiger partial charge in [-0.2, -0.15) is 0 Å². The van der Waals surface area contributed by atoms with E-state index in [2.05, 4.69) is 6.92 Å². The van der Waals surface area contributed by atoms with Gasteiger partial charge in [0.25, 0.3) is 0 Å². The van der Waals surface area contributed by atoms with Crippen molar-refractivity contribution in [2.24, 2.45) is 0 Å². The molecule has 0 unspecified atom stereocenters. The van der Waals surface area contributed by atoms with E-state index in [4.69, 9.17) is 9.47 Å². The molecule has 80 valence electrons. The third kappa shape index (κ3) is 11.9. The van der Waals surface area contributed by atoms with Gasteiger partial charge in [0.05, 0.1) is 0 Å². The standard InChI is InChI=1S/C11H24O2/c1-3-4-5-6-7-10-13-11-8-9-12-2/h3-11H2,1-2H3. The third-order valence-electron chi connectivity index (χ3n) is 2.03. The molecule has 0 bridgehead atoms. The van der Waals surface area contributed by atoms with Crippen molar-refractivity contribution in [1.82, 2.24) is 0 Å². The van der Waals surface area contributed by atoms with Crippen LogP contribution in [0.5, 0.6) is 0 Å². The summed E-state index contributed by atoms with van der Waals surface area (Å²) in [5, 5.41) is 0. The van der Waals surface area contributed by atoms with Gasteiger partial charge in [-0.15, -0.1) is 0 Å². The summed E-state index contributed by atoms with van der Waals surface area (Å²) in [7, 11) is 1.73. The third-order valence-corrected chi connectivity index (χ3v) is 2.03. The van der Waals surface area contributed by atoms with Crippen LogP contribution in [0.4, 0.5) is 0 Å². The van der Waals surface area contributed by atoms with Gasteiger partial charge in [0, 0.05) is 26.9 Å². The van der Waals surface area contributed by atoms with E-state index in [-0.39, 0.29) is 0 Å². The van der Waals surface area contributed by atoms with E-state index in [0.29, 0.717) is 0 Å². The van der Waals surface area contributed by atoms with E-state index in [9.17, 15) is 0 Å². The highest BCUT2D eigenvalue weighted by atomic mass is 16.5. The molecule has 0 radical (unpaired) electrons. The second-order valence-electron chi connectivity index (χ2n) is 3.37. The van der Waals surface area contributed by atoms with Crippen molar-refractivity contribution < 1.29 is 9.47 Å². The molecule has 2 nitrogen and oxygen atoms in total. The first-order chi connectivity index (χ1) is 6.41. The SMILES string of the molecule is CCCCCCCOCCCOC. The van der Waals surface area contributed by atoms with Crippen LogP contribution < -0.4 is 0 Å². The molecule has 0 fully saturated rings. The fraction of sp³-hybridized carbons (Fsp3) is 1.00. The lowest BCUT2D eigenvalue weighted by Gasteiger charge is -2.03. The van der Waals surface area contributed by atoms with Crippen LogP contribution >= 0.6 is 0 Å². The minimum absolute atomic E-state index is 0.815. The van der Waals surface area contributed by atoms with Crippen LogP contribution in [0.25, 0.3) is 0 Å². The first-order valence-corrected chi connectivity index (χ1v) is 5.48. The van der Waals surface area contributed by atoms with Gasteiger partial charge < -0.3 is 9.47 Å². The van der Waals surface area contributed by atoms with Crippen molar-refractivity contribution in [3.8, 4) is 0 Å². The molecule has 0 N–H and O–H groups in total. The van der Waals surface area contributed by atoms with Crippen LogP contribution in [0.1, 0.15) is 45.4 Å². The van der Waals surface area contributed by atoms with Crippen LogP contribution in [0.2, 0.25) is 0 Å². The molecule has 0 aliphatic heterocycles. The van der Waals surface area contributed by atoms with Crippen LogP contribution in [0.15, 0.2) is 0 Å². The fourth-order valence-corrected chi connectivity index (χ4v) is 1.22. The Bertz CT molecular complexity index is 74.2. The molecule has 0 saturated heterocycles. The first kappa shape index (κ1) is 12.9. The van der Waals surface area contributed by atoms with Crippen molar-refractivity contribution >= 4 is 0 Å². The van der Waals surface area contributed by atoms with E-state index < -0.39 is 0 Å². The fourth-order valence-electron chi connectivity index (χ4n) is 1.22. The summed E-state index contributed by atoms with van der Waals surface area (Å²) in [6.45, 7) is 4.83. The molecular formula is C11H24O2. The predicted octanol–water partition coefficient (Wildman–Crippen LogP) is 3.01. The van der Waals surface area contributed by atoms with Gasteiger partial charge in [0.2, 0.25) is 0 Å². The highest BCUT2D eigenvalue weighted by Gasteiger charge is 1.90. The Labute approximate surface area is 82.6 Å². The van der Waals surface area contributed by atoms with E-state index in [1.807, 2.05) is 0 Å². The molecule has 0 atom stereocenters. The summed E-state index contributed by atoms with van der Waals surface area (Å²) in [5.74, 6) is 0. The zero-order valence-electron chi connectivity index (χ0n) is 9.18. The number of hydrogen-bond acceptors (Lipinski definition) is 2. The second-order valence-corrected chi connectivity index (χ2v) is 3.37.